The summed E-state index contributed by atoms with van der Waals surface area (Å²) in [6, 6.07) is 3.48. The molecule has 5 nitrogen and oxygen atoms in total. The number of carbonyl (C=O) groups is 1. The lowest BCUT2D eigenvalue weighted by molar-refractivity contribution is -0.00403. The predicted octanol–water partition coefficient (Wildman–Crippen LogP) is 2.84. The molecule has 0 aromatic carbocycles. The normalized spacial score (nSPS) is 12.3. The molecule has 2 N–H and O–H groups in total. The molecule has 1 rings (SSSR count). The molecular formula is C14H22F2N2O3. The van der Waals surface area contributed by atoms with E-state index >= 15 is 0 Å². The molecule has 0 aliphatic carbocycles. The molecule has 0 fully saturated rings. The summed E-state index contributed by atoms with van der Waals surface area (Å²) in [5.74, 6) is -1.76. The number of alkyl halides is 2. The summed E-state index contributed by atoms with van der Waals surface area (Å²) in [6.45, 7) is 5.63. The molecule has 21 heavy (non-hydrogen) atoms. The van der Waals surface area contributed by atoms with Gasteiger partial charge >= 0.3 is 6.09 Å². The van der Waals surface area contributed by atoms with Crippen LogP contribution >= 0.6 is 0 Å². The molecule has 0 saturated carbocycles. The summed E-state index contributed by atoms with van der Waals surface area (Å²) >= 11 is 0. The Morgan fingerprint density at radius 3 is 2.48 bits per heavy atom. The van der Waals surface area contributed by atoms with Crippen LogP contribution < -0.4 is 10.6 Å². The van der Waals surface area contributed by atoms with E-state index in [9.17, 15) is 13.6 Å². The topological polar surface area (TPSA) is 63.5 Å². The zero-order valence-corrected chi connectivity index (χ0v) is 12.8. The summed E-state index contributed by atoms with van der Waals surface area (Å²) in [6.07, 6.45) is -0.858. The standard InChI is InChI=1S/C14H22F2N2O3/c1-10-5-6-11(20-10)7-17-8-14(15,16)9-18-12(19)21-13(2,3)4/h5-6,17H,7-9H2,1-4H3,(H,18,19). The minimum Gasteiger partial charge on any atom is -0.465 e. The largest absolute Gasteiger partial charge is 0.465 e. The van der Waals surface area contributed by atoms with Crippen LogP contribution in [0.4, 0.5) is 13.6 Å². The van der Waals surface area contributed by atoms with Gasteiger partial charge in [0.15, 0.2) is 0 Å². The van der Waals surface area contributed by atoms with E-state index in [4.69, 9.17) is 9.15 Å². The number of halogens is 2. The second-order valence-electron chi connectivity index (χ2n) is 5.83. The Kier molecular flexibility index (Phi) is 5.71. The average molecular weight is 304 g/mol. The molecule has 1 aromatic rings. The summed E-state index contributed by atoms with van der Waals surface area (Å²) in [5, 5.41) is 4.65. The van der Waals surface area contributed by atoms with Crippen molar-refractivity contribution in [2.45, 2.75) is 45.8 Å². The van der Waals surface area contributed by atoms with Crippen LogP contribution in [0.3, 0.4) is 0 Å². The second kappa shape index (κ2) is 6.89. The highest BCUT2D eigenvalue weighted by molar-refractivity contribution is 5.67. The molecule has 0 aliphatic rings. The van der Waals surface area contributed by atoms with E-state index in [1.54, 1.807) is 39.8 Å². The zero-order valence-electron chi connectivity index (χ0n) is 12.8. The number of rotatable bonds is 6. The van der Waals surface area contributed by atoms with E-state index in [1.165, 1.54) is 0 Å². The monoisotopic (exact) mass is 304 g/mol. The first-order valence-electron chi connectivity index (χ1n) is 6.68. The van der Waals surface area contributed by atoms with Crippen LogP contribution in [0, 0.1) is 6.92 Å². The van der Waals surface area contributed by atoms with Gasteiger partial charge in [-0.3, -0.25) is 0 Å². The van der Waals surface area contributed by atoms with Gasteiger partial charge in [0.1, 0.15) is 17.1 Å². The van der Waals surface area contributed by atoms with Crippen molar-refractivity contribution in [1.29, 1.82) is 0 Å². The Labute approximate surface area is 123 Å². The minimum absolute atomic E-state index is 0.204. The lowest BCUT2D eigenvalue weighted by atomic mass is 10.2. The predicted molar refractivity (Wildman–Crippen MR) is 74.3 cm³/mol. The summed E-state index contributed by atoms with van der Waals surface area (Å²) in [7, 11) is 0. The zero-order chi connectivity index (χ0) is 16.1. The molecule has 120 valence electrons. The van der Waals surface area contributed by atoms with Crippen molar-refractivity contribution in [1.82, 2.24) is 10.6 Å². The van der Waals surface area contributed by atoms with Gasteiger partial charge in [-0.25, -0.2) is 13.6 Å². The van der Waals surface area contributed by atoms with Crippen molar-refractivity contribution in [3.05, 3.63) is 23.7 Å². The Bertz CT molecular complexity index is 467. The lowest BCUT2D eigenvalue weighted by Crippen LogP contribution is -2.44. The van der Waals surface area contributed by atoms with E-state index in [0.29, 0.717) is 5.76 Å². The maximum Gasteiger partial charge on any atom is 0.407 e. The highest BCUT2D eigenvalue weighted by Gasteiger charge is 2.30. The maximum atomic E-state index is 13.6. The van der Waals surface area contributed by atoms with Crippen molar-refractivity contribution >= 4 is 6.09 Å². The van der Waals surface area contributed by atoms with E-state index < -0.39 is 30.7 Å². The minimum atomic E-state index is -3.07. The Hall–Kier alpha value is -1.63. The smallest absolute Gasteiger partial charge is 0.407 e. The average Bonchev–Trinajstić information content (AvgIpc) is 2.70. The number of alkyl carbamates (subject to hydrolysis) is 1. The first kappa shape index (κ1) is 17.4. The van der Waals surface area contributed by atoms with Crippen LogP contribution in [0.25, 0.3) is 0 Å². The van der Waals surface area contributed by atoms with Crippen molar-refractivity contribution < 1.29 is 22.7 Å². The van der Waals surface area contributed by atoms with Gasteiger partial charge in [0.25, 0.3) is 5.92 Å². The molecular weight excluding hydrogens is 282 g/mol. The fourth-order valence-electron chi connectivity index (χ4n) is 1.53. The van der Waals surface area contributed by atoms with Crippen molar-refractivity contribution in [2.24, 2.45) is 0 Å². The third-order valence-electron chi connectivity index (χ3n) is 2.37. The SMILES string of the molecule is Cc1ccc(CNCC(F)(F)CNC(=O)OC(C)(C)C)o1. The first-order valence-corrected chi connectivity index (χ1v) is 6.68. The van der Waals surface area contributed by atoms with Crippen molar-refractivity contribution in [3.8, 4) is 0 Å². The van der Waals surface area contributed by atoms with Gasteiger partial charge < -0.3 is 19.8 Å². The third-order valence-corrected chi connectivity index (χ3v) is 2.37. The Balaban J connectivity index is 2.28. The van der Waals surface area contributed by atoms with Gasteiger partial charge in [-0.15, -0.1) is 0 Å². The van der Waals surface area contributed by atoms with Gasteiger partial charge in [-0.2, -0.15) is 0 Å². The number of hydrogen-bond acceptors (Lipinski definition) is 4. The molecule has 0 bridgehead atoms. The maximum absolute atomic E-state index is 13.6. The molecule has 0 saturated heterocycles. The number of hydrogen-bond donors (Lipinski definition) is 2. The lowest BCUT2D eigenvalue weighted by Gasteiger charge is -2.22. The van der Waals surface area contributed by atoms with Gasteiger partial charge in [0.05, 0.1) is 19.6 Å². The van der Waals surface area contributed by atoms with Gasteiger partial charge in [-0.05, 0) is 39.8 Å². The number of ether oxygens (including phenoxy) is 1. The highest BCUT2D eigenvalue weighted by Crippen LogP contribution is 2.12. The van der Waals surface area contributed by atoms with E-state index in [0.717, 1.165) is 5.76 Å². The Morgan fingerprint density at radius 1 is 1.29 bits per heavy atom. The molecule has 0 radical (unpaired) electrons. The van der Waals surface area contributed by atoms with Crippen LogP contribution in [0.15, 0.2) is 16.5 Å². The summed E-state index contributed by atoms with van der Waals surface area (Å²) in [4.78, 5) is 11.3. The number of carbonyl (C=O) groups excluding carboxylic acids is 1. The van der Waals surface area contributed by atoms with Crippen LogP contribution in [0.2, 0.25) is 0 Å². The van der Waals surface area contributed by atoms with Gasteiger partial charge in [-0.1, -0.05) is 0 Å². The van der Waals surface area contributed by atoms with Crippen LogP contribution in [-0.2, 0) is 11.3 Å². The fraction of sp³-hybridized carbons (Fsp3) is 0.643. The third kappa shape index (κ3) is 7.65. The molecule has 0 aliphatic heterocycles. The highest BCUT2D eigenvalue weighted by atomic mass is 19.3. The number of aryl methyl sites for hydroxylation is 1. The van der Waals surface area contributed by atoms with Crippen molar-refractivity contribution in [3.63, 3.8) is 0 Å². The number of furan rings is 1. The van der Waals surface area contributed by atoms with Gasteiger partial charge in [0, 0.05) is 0 Å². The van der Waals surface area contributed by atoms with Crippen LogP contribution in [0.1, 0.15) is 32.3 Å². The van der Waals surface area contributed by atoms with Crippen LogP contribution in [0.5, 0.6) is 0 Å². The Morgan fingerprint density at radius 2 is 1.95 bits per heavy atom. The summed E-state index contributed by atoms with van der Waals surface area (Å²) < 4.78 is 37.3. The number of amides is 1. The molecule has 1 amide bonds. The van der Waals surface area contributed by atoms with E-state index in [2.05, 4.69) is 10.6 Å². The molecule has 1 heterocycles. The van der Waals surface area contributed by atoms with E-state index in [1.807, 2.05) is 0 Å². The molecule has 0 unspecified atom stereocenters. The number of nitrogens with one attached hydrogen (secondary N) is 2. The summed E-state index contributed by atoms with van der Waals surface area (Å²) in [5.41, 5.74) is -0.714. The molecule has 0 atom stereocenters. The van der Waals surface area contributed by atoms with Crippen LogP contribution in [-0.4, -0.2) is 30.7 Å². The quantitative estimate of drug-likeness (QED) is 0.848. The second-order valence-corrected chi connectivity index (χ2v) is 5.83. The van der Waals surface area contributed by atoms with Gasteiger partial charge in [0.2, 0.25) is 0 Å². The van der Waals surface area contributed by atoms with Crippen molar-refractivity contribution in [2.75, 3.05) is 13.1 Å². The first-order chi connectivity index (χ1) is 9.57. The fourth-order valence-corrected chi connectivity index (χ4v) is 1.53. The molecule has 0 spiro atoms. The van der Waals surface area contributed by atoms with E-state index in [-0.39, 0.29) is 6.54 Å². The molecule has 7 heteroatoms. The molecule has 1 aromatic heterocycles.